The van der Waals surface area contributed by atoms with Crippen LogP contribution >= 0.6 is 0 Å². The molecule has 0 amide bonds. The third kappa shape index (κ3) is 1.89. The van der Waals surface area contributed by atoms with Crippen LogP contribution in [0.4, 0.5) is 0 Å². The van der Waals surface area contributed by atoms with Crippen LogP contribution in [0.25, 0.3) is 0 Å². The molecule has 1 unspecified atom stereocenters. The molecule has 0 aliphatic rings. The van der Waals surface area contributed by atoms with Crippen molar-refractivity contribution < 1.29 is 4.79 Å². The Balaban J connectivity index is 3.62. The molecule has 0 aliphatic heterocycles. The van der Waals surface area contributed by atoms with Crippen molar-refractivity contribution in [3.05, 3.63) is 12.2 Å². The molecule has 0 rings (SSSR count). The average molecular weight is 113 g/mol. The third-order valence-corrected chi connectivity index (χ3v) is 1.14. The molecule has 0 saturated heterocycles. The zero-order chi connectivity index (χ0) is 6.57. The topological polar surface area (TPSA) is 29.1 Å². The SMILES string of the molecule is C=C(C=O)C(C)NC. The van der Waals surface area contributed by atoms with Crippen molar-refractivity contribution >= 4 is 6.29 Å². The average Bonchev–Trinajstić information content (AvgIpc) is 1.84. The van der Waals surface area contributed by atoms with Crippen LogP contribution in [0.5, 0.6) is 0 Å². The highest BCUT2D eigenvalue weighted by Gasteiger charge is 1.98. The van der Waals surface area contributed by atoms with Crippen molar-refractivity contribution in [2.45, 2.75) is 13.0 Å². The number of rotatable bonds is 3. The maximum absolute atomic E-state index is 9.97. The second kappa shape index (κ2) is 3.38. The first-order valence-electron chi connectivity index (χ1n) is 2.53. The molecule has 2 nitrogen and oxygen atoms in total. The van der Waals surface area contributed by atoms with Gasteiger partial charge in [-0.1, -0.05) is 6.58 Å². The lowest BCUT2D eigenvalue weighted by Gasteiger charge is -2.05. The largest absolute Gasteiger partial charge is 0.313 e. The molecule has 8 heavy (non-hydrogen) atoms. The number of carbonyl (C=O) groups is 1. The van der Waals surface area contributed by atoms with Gasteiger partial charge in [-0.2, -0.15) is 0 Å². The van der Waals surface area contributed by atoms with Crippen LogP contribution in [0.3, 0.4) is 0 Å². The van der Waals surface area contributed by atoms with Crippen molar-refractivity contribution in [1.82, 2.24) is 5.32 Å². The van der Waals surface area contributed by atoms with Gasteiger partial charge in [0.25, 0.3) is 0 Å². The van der Waals surface area contributed by atoms with Gasteiger partial charge >= 0.3 is 0 Å². The second-order valence-electron chi connectivity index (χ2n) is 1.70. The van der Waals surface area contributed by atoms with E-state index in [4.69, 9.17) is 0 Å². The quantitative estimate of drug-likeness (QED) is 0.422. The minimum Gasteiger partial charge on any atom is -0.313 e. The molecule has 1 atom stereocenters. The second-order valence-corrected chi connectivity index (χ2v) is 1.70. The van der Waals surface area contributed by atoms with Gasteiger partial charge in [0.05, 0.1) is 0 Å². The Morgan fingerprint density at radius 1 is 1.88 bits per heavy atom. The summed E-state index contributed by atoms with van der Waals surface area (Å²) >= 11 is 0. The Hall–Kier alpha value is -0.630. The highest BCUT2D eigenvalue weighted by molar-refractivity contribution is 5.73. The Morgan fingerprint density at radius 3 is 2.50 bits per heavy atom. The van der Waals surface area contributed by atoms with Crippen LogP contribution < -0.4 is 5.32 Å². The monoisotopic (exact) mass is 113 g/mol. The standard InChI is InChI=1S/C6H11NO/c1-5(4-8)6(2)7-3/h4,6-7H,1H2,2-3H3. The Morgan fingerprint density at radius 2 is 2.38 bits per heavy atom. The van der Waals surface area contributed by atoms with E-state index < -0.39 is 0 Å². The zero-order valence-electron chi connectivity index (χ0n) is 5.27. The van der Waals surface area contributed by atoms with Crippen LogP contribution in [0, 0.1) is 0 Å². The summed E-state index contributed by atoms with van der Waals surface area (Å²) in [6, 6.07) is 0.104. The van der Waals surface area contributed by atoms with Crippen molar-refractivity contribution in [2.75, 3.05) is 7.05 Å². The lowest BCUT2D eigenvalue weighted by Crippen LogP contribution is -2.23. The van der Waals surface area contributed by atoms with Crippen molar-refractivity contribution in [2.24, 2.45) is 0 Å². The summed E-state index contributed by atoms with van der Waals surface area (Å²) in [7, 11) is 1.79. The highest BCUT2D eigenvalue weighted by atomic mass is 16.1. The molecule has 0 aromatic rings. The molecule has 1 N–H and O–H groups in total. The van der Waals surface area contributed by atoms with E-state index in [0.29, 0.717) is 5.57 Å². The minimum absolute atomic E-state index is 0.104. The molecule has 0 radical (unpaired) electrons. The maximum Gasteiger partial charge on any atom is 0.147 e. The van der Waals surface area contributed by atoms with E-state index in [1.807, 2.05) is 6.92 Å². The van der Waals surface area contributed by atoms with Crippen LogP contribution in [0.2, 0.25) is 0 Å². The molecule has 0 spiro atoms. The van der Waals surface area contributed by atoms with E-state index in [2.05, 4.69) is 11.9 Å². The molecule has 0 fully saturated rings. The van der Waals surface area contributed by atoms with Crippen LogP contribution in [0.15, 0.2) is 12.2 Å². The molecule has 0 saturated carbocycles. The predicted molar refractivity (Wildman–Crippen MR) is 33.7 cm³/mol. The van der Waals surface area contributed by atoms with Crippen molar-refractivity contribution in [3.8, 4) is 0 Å². The molecule has 2 heteroatoms. The first-order chi connectivity index (χ1) is 3.72. The summed E-state index contributed by atoms with van der Waals surface area (Å²) < 4.78 is 0. The molecule has 0 aromatic heterocycles. The maximum atomic E-state index is 9.97. The molecular weight excluding hydrogens is 102 g/mol. The molecular formula is C6H11NO. The van der Waals surface area contributed by atoms with Gasteiger partial charge in [-0.25, -0.2) is 0 Å². The summed E-state index contributed by atoms with van der Waals surface area (Å²) in [5, 5.41) is 2.88. The van der Waals surface area contributed by atoms with Crippen molar-refractivity contribution in [1.29, 1.82) is 0 Å². The molecule has 0 aromatic carbocycles. The first-order valence-corrected chi connectivity index (χ1v) is 2.53. The summed E-state index contributed by atoms with van der Waals surface area (Å²) in [5.74, 6) is 0. The molecule has 0 bridgehead atoms. The van der Waals surface area contributed by atoms with Gasteiger partial charge in [-0.15, -0.1) is 0 Å². The highest BCUT2D eigenvalue weighted by Crippen LogP contribution is 1.90. The van der Waals surface area contributed by atoms with Gasteiger partial charge in [0.2, 0.25) is 0 Å². The van der Waals surface area contributed by atoms with E-state index >= 15 is 0 Å². The Bertz CT molecular complexity index is 98.7. The lowest BCUT2D eigenvalue weighted by molar-refractivity contribution is -0.105. The number of hydrogen-bond donors (Lipinski definition) is 1. The van der Waals surface area contributed by atoms with Gasteiger partial charge in [-0.3, -0.25) is 4.79 Å². The number of aldehydes is 1. The molecule has 0 aliphatic carbocycles. The van der Waals surface area contributed by atoms with E-state index in [1.165, 1.54) is 0 Å². The van der Waals surface area contributed by atoms with Gasteiger partial charge in [0.15, 0.2) is 0 Å². The Kier molecular flexibility index (Phi) is 3.12. The third-order valence-electron chi connectivity index (χ3n) is 1.14. The normalized spacial score (nSPS) is 12.8. The molecule has 0 heterocycles. The van der Waals surface area contributed by atoms with Crippen molar-refractivity contribution in [3.63, 3.8) is 0 Å². The summed E-state index contributed by atoms with van der Waals surface area (Å²) in [6.45, 7) is 5.40. The van der Waals surface area contributed by atoms with Crippen LogP contribution in [0.1, 0.15) is 6.92 Å². The van der Waals surface area contributed by atoms with Crippen LogP contribution in [-0.4, -0.2) is 19.4 Å². The predicted octanol–water partition coefficient (Wildman–Crippen LogP) is 0.349. The first kappa shape index (κ1) is 7.37. The number of hydrogen-bond acceptors (Lipinski definition) is 2. The smallest absolute Gasteiger partial charge is 0.147 e. The lowest BCUT2D eigenvalue weighted by atomic mass is 10.2. The zero-order valence-corrected chi connectivity index (χ0v) is 5.27. The number of likely N-dealkylation sites (N-methyl/N-ethyl adjacent to an activating group) is 1. The van der Waals surface area contributed by atoms with Gasteiger partial charge in [0.1, 0.15) is 6.29 Å². The summed E-state index contributed by atoms with van der Waals surface area (Å²) in [5.41, 5.74) is 0.590. The molecule has 46 valence electrons. The number of carbonyl (C=O) groups excluding carboxylic acids is 1. The fraction of sp³-hybridized carbons (Fsp3) is 0.500. The summed E-state index contributed by atoms with van der Waals surface area (Å²) in [4.78, 5) is 9.97. The fourth-order valence-electron chi connectivity index (χ4n) is 0.287. The van der Waals surface area contributed by atoms with Gasteiger partial charge in [0, 0.05) is 11.6 Å². The van der Waals surface area contributed by atoms with Gasteiger partial charge in [-0.05, 0) is 14.0 Å². The van der Waals surface area contributed by atoms with Crippen LogP contribution in [-0.2, 0) is 4.79 Å². The van der Waals surface area contributed by atoms with E-state index in [1.54, 1.807) is 7.05 Å². The minimum atomic E-state index is 0.104. The van der Waals surface area contributed by atoms with Gasteiger partial charge < -0.3 is 5.32 Å². The fourth-order valence-corrected chi connectivity index (χ4v) is 0.287. The van der Waals surface area contributed by atoms with E-state index in [9.17, 15) is 4.79 Å². The van der Waals surface area contributed by atoms with E-state index in [-0.39, 0.29) is 6.04 Å². The Labute approximate surface area is 49.6 Å². The van der Waals surface area contributed by atoms with E-state index in [0.717, 1.165) is 6.29 Å². The number of nitrogens with one attached hydrogen (secondary N) is 1. The summed E-state index contributed by atoms with van der Waals surface area (Å²) in [6.07, 6.45) is 0.765.